The number of likely N-dealkylation sites (tertiary alicyclic amines) is 1. The normalized spacial score (nSPS) is 23.8. The van der Waals surface area contributed by atoms with E-state index < -0.39 is 0 Å². The molecule has 0 aromatic carbocycles. The van der Waals surface area contributed by atoms with Gasteiger partial charge in [0, 0.05) is 13.1 Å². The molecule has 1 aliphatic carbocycles. The zero-order valence-electron chi connectivity index (χ0n) is 16.2. The smallest absolute Gasteiger partial charge is 0.293 e. The molecule has 2 fully saturated rings. The van der Waals surface area contributed by atoms with E-state index in [2.05, 4.69) is 39.4 Å². The third-order valence-corrected chi connectivity index (χ3v) is 4.05. The lowest BCUT2D eigenvalue weighted by Crippen LogP contribution is -2.37. The van der Waals surface area contributed by atoms with E-state index in [1.807, 2.05) is 25.7 Å². The molecule has 1 amide bonds. The Morgan fingerprint density at radius 2 is 1.65 bits per heavy atom. The van der Waals surface area contributed by atoms with Gasteiger partial charge in [0.1, 0.15) is 5.60 Å². The van der Waals surface area contributed by atoms with Crippen LogP contribution in [0.4, 0.5) is 0 Å². The molecule has 2 aliphatic rings. The first-order chi connectivity index (χ1) is 10.4. The van der Waals surface area contributed by atoms with Crippen molar-refractivity contribution < 1.29 is 14.3 Å². The number of hydrogen-bond acceptors (Lipinski definition) is 4. The Balaban J connectivity index is 0.000000377. The van der Waals surface area contributed by atoms with E-state index in [9.17, 15) is 9.59 Å². The van der Waals surface area contributed by atoms with Gasteiger partial charge in [0.05, 0.1) is 6.54 Å². The maximum atomic E-state index is 11.2. The third-order valence-electron chi connectivity index (χ3n) is 4.05. The predicted molar refractivity (Wildman–Crippen MR) is 93.8 cm³/mol. The summed E-state index contributed by atoms with van der Waals surface area (Å²) in [5.74, 6) is 2.43. The van der Waals surface area contributed by atoms with Crippen LogP contribution in [0.25, 0.3) is 0 Å². The monoisotopic (exact) mass is 328 g/mol. The van der Waals surface area contributed by atoms with Gasteiger partial charge in [0.2, 0.25) is 5.91 Å². The molecule has 0 spiro atoms. The highest BCUT2D eigenvalue weighted by molar-refractivity contribution is 5.78. The summed E-state index contributed by atoms with van der Waals surface area (Å²) in [5.41, 5.74) is 5.46. The van der Waals surface area contributed by atoms with Gasteiger partial charge in [-0.3, -0.25) is 9.59 Å². The van der Waals surface area contributed by atoms with Crippen molar-refractivity contribution in [3.63, 3.8) is 0 Å². The van der Waals surface area contributed by atoms with Crippen molar-refractivity contribution in [1.29, 1.82) is 0 Å². The van der Waals surface area contributed by atoms with E-state index >= 15 is 0 Å². The van der Waals surface area contributed by atoms with Crippen LogP contribution in [-0.4, -0.2) is 42.5 Å². The van der Waals surface area contributed by atoms with Crippen molar-refractivity contribution >= 4 is 12.4 Å². The van der Waals surface area contributed by atoms with Crippen molar-refractivity contribution in [2.45, 2.75) is 61.0 Å². The Morgan fingerprint density at radius 1 is 1.26 bits per heavy atom. The number of amides is 1. The predicted octanol–water partition coefficient (Wildman–Crippen LogP) is 2.68. The average Bonchev–Trinajstić information content (AvgIpc) is 2.78. The molecule has 0 aromatic rings. The van der Waals surface area contributed by atoms with Gasteiger partial charge in [-0.15, -0.1) is 0 Å². The van der Waals surface area contributed by atoms with Gasteiger partial charge in [-0.05, 0) is 43.9 Å². The summed E-state index contributed by atoms with van der Waals surface area (Å²) < 4.78 is 4.55. The van der Waals surface area contributed by atoms with Gasteiger partial charge in [-0.2, -0.15) is 0 Å². The van der Waals surface area contributed by atoms with Crippen LogP contribution < -0.4 is 5.73 Å². The van der Waals surface area contributed by atoms with Gasteiger partial charge >= 0.3 is 0 Å². The molecule has 2 unspecified atom stereocenters. The van der Waals surface area contributed by atoms with Crippen molar-refractivity contribution in [3.8, 4) is 0 Å². The summed E-state index contributed by atoms with van der Waals surface area (Å²) >= 11 is 0. The lowest BCUT2D eigenvalue weighted by molar-refractivity contribution is -0.138. The zero-order chi connectivity index (χ0) is 18.4. The average molecular weight is 328 g/mol. The second-order valence-electron chi connectivity index (χ2n) is 8.60. The van der Waals surface area contributed by atoms with Gasteiger partial charge < -0.3 is 15.4 Å². The summed E-state index contributed by atoms with van der Waals surface area (Å²) in [6.45, 7) is 19.0. The number of piperidine rings is 1. The molecule has 0 radical (unpaired) electrons. The lowest BCUT2D eigenvalue weighted by atomic mass is 10.1. The fourth-order valence-corrected chi connectivity index (χ4v) is 2.61. The molecule has 1 saturated carbocycles. The summed E-state index contributed by atoms with van der Waals surface area (Å²) in [7, 11) is 0. The Labute approximate surface area is 141 Å². The molecule has 2 rings (SSSR count). The highest BCUT2D eigenvalue weighted by Gasteiger charge is 2.62. The van der Waals surface area contributed by atoms with E-state index in [0.29, 0.717) is 11.9 Å². The summed E-state index contributed by atoms with van der Waals surface area (Å²) in [6.07, 6.45) is 0. The fraction of sp³-hybridized carbons (Fsp3) is 0.889. The Morgan fingerprint density at radius 3 is 1.87 bits per heavy atom. The fourth-order valence-electron chi connectivity index (χ4n) is 2.61. The lowest BCUT2D eigenvalue weighted by Gasteiger charge is -2.21. The quantitative estimate of drug-likeness (QED) is 0.791. The first-order valence-corrected chi connectivity index (χ1v) is 8.46. The SMILES string of the molecule is CC(C)(C)OC=O.CC(C)C.CC1(C)C2CN(C(=O)CN)CC21. The number of carbonyl (C=O) groups is 2. The van der Waals surface area contributed by atoms with Crippen LogP contribution in [0, 0.1) is 23.2 Å². The van der Waals surface area contributed by atoms with Crippen LogP contribution >= 0.6 is 0 Å². The minimum atomic E-state index is -0.318. The molecule has 5 nitrogen and oxygen atoms in total. The Hall–Kier alpha value is -1.10. The second kappa shape index (κ2) is 8.67. The molecule has 23 heavy (non-hydrogen) atoms. The van der Waals surface area contributed by atoms with Crippen LogP contribution in [0.5, 0.6) is 0 Å². The molecular formula is C18H36N2O3. The highest BCUT2D eigenvalue weighted by atomic mass is 16.5. The van der Waals surface area contributed by atoms with Crippen LogP contribution in [0.2, 0.25) is 0 Å². The number of rotatable bonds is 2. The molecule has 1 heterocycles. The summed E-state index contributed by atoms with van der Waals surface area (Å²) in [4.78, 5) is 22.7. The molecule has 1 saturated heterocycles. The van der Waals surface area contributed by atoms with E-state index in [4.69, 9.17) is 5.73 Å². The van der Waals surface area contributed by atoms with E-state index in [-0.39, 0.29) is 18.1 Å². The number of fused-ring (bicyclic) bond motifs is 1. The van der Waals surface area contributed by atoms with Crippen LogP contribution in [0.15, 0.2) is 0 Å². The van der Waals surface area contributed by atoms with Crippen LogP contribution in [-0.2, 0) is 14.3 Å². The van der Waals surface area contributed by atoms with E-state index in [1.165, 1.54) is 0 Å². The first kappa shape index (κ1) is 21.9. The van der Waals surface area contributed by atoms with Crippen molar-refractivity contribution in [3.05, 3.63) is 0 Å². The minimum absolute atomic E-state index is 0.109. The largest absolute Gasteiger partial charge is 0.462 e. The van der Waals surface area contributed by atoms with Crippen LogP contribution in [0.3, 0.4) is 0 Å². The molecular weight excluding hydrogens is 292 g/mol. The van der Waals surface area contributed by atoms with E-state index in [1.54, 1.807) is 0 Å². The van der Waals surface area contributed by atoms with Gasteiger partial charge in [0.15, 0.2) is 0 Å². The first-order valence-electron chi connectivity index (χ1n) is 8.46. The molecule has 5 heteroatoms. The van der Waals surface area contributed by atoms with Crippen molar-refractivity contribution in [2.75, 3.05) is 19.6 Å². The van der Waals surface area contributed by atoms with E-state index in [0.717, 1.165) is 30.8 Å². The third kappa shape index (κ3) is 7.82. The number of ether oxygens (including phenoxy) is 1. The van der Waals surface area contributed by atoms with Crippen molar-refractivity contribution in [1.82, 2.24) is 4.90 Å². The minimum Gasteiger partial charge on any atom is -0.462 e. The Bertz CT molecular complexity index is 369. The second-order valence-corrected chi connectivity index (χ2v) is 8.60. The summed E-state index contributed by atoms with van der Waals surface area (Å²) in [5, 5.41) is 0. The number of hydrogen-bond donors (Lipinski definition) is 1. The van der Waals surface area contributed by atoms with Gasteiger partial charge in [0.25, 0.3) is 6.47 Å². The standard InChI is InChI=1S/C9H16N2O.C5H10O2.C4H10/c1-9(2)6-4-11(5-7(6)9)8(12)3-10;1-5(2,3)7-4-6;1-4(2)3/h6-7H,3-5,10H2,1-2H3;4H,1-3H3;4H,1-3H3. The number of carbonyl (C=O) groups excluding carboxylic acids is 2. The molecule has 2 atom stereocenters. The molecule has 1 aliphatic heterocycles. The van der Waals surface area contributed by atoms with Gasteiger partial charge in [-0.25, -0.2) is 0 Å². The molecule has 2 N–H and O–H groups in total. The number of nitrogens with zero attached hydrogens (tertiary/aromatic N) is 1. The zero-order valence-corrected chi connectivity index (χ0v) is 16.2. The molecule has 136 valence electrons. The highest BCUT2D eigenvalue weighted by Crippen LogP contribution is 2.61. The van der Waals surface area contributed by atoms with Gasteiger partial charge in [-0.1, -0.05) is 34.6 Å². The maximum Gasteiger partial charge on any atom is 0.293 e. The van der Waals surface area contributed by atoms with Crippen molar-refractivity contribution in [2.24, 2.45) is 28.9 Å². The molecule has 0 bridgehead atoms. The maximum absolute atomic E-state index is 11.2. The topological polar surface area (TPSA) is 72.6 Å². The Kier molecular flexibility index (Phi) is 8.25. The molecule has 0 aromatic heterocycles. The van der Waals surface area contributed by atoms with Crippen LogP contribution in [0.1, 0.15) is 55.4 Å². The number of nitrogens with two attached hydrogens (primary N) is 1. The summed E-state index contributed by atoms with van der Waals surface area (Å²) in [6, 6.07) is 0.